The largest absolute Gasteiger partial charge is 0.368 e. The Bertz CT molecular complexity index is 884. The first-order valence-corrected chi connectivity index (χ1v) is 9.23. The van der Waals surface area contributed by atoms with Crippen molar-refractivity contribution in [2.24, 2.45) is 0 Å². The quantitative estimate of drug-likeness (QED) is 0.743. The SMILES string of the molecule is CC1CCc2ccccc2N1CCC(=O)NCc1cc2cnccc2[nH]1. The number of carbonyl (C=O) groups excluding carboxylic acids is 1. The molecule has 1 aliphatic heterocycles. The third-order valence-electron chi connectivity index (χ3n) is 5.20. The zero-order valence-corrected chi connectivity index (χ0v) is 15.0. The summed E-state index contributed by atoms with van der Waals surface area (Å²) in [5.41, 5.74) is 4.71. The molecule has 0 fully saturated rings. The van der Waals surface area contributed by atoms with Gasteiger partial charge in [-0.05, 0) is 43.5 Å². The number of rotatable bonds is 5. The van der Waals surface area contributed by atoms with E-state index in [4.69, 9.17) is 0 Å². The molecule has 134 valence electrons. The van der Waals surface area contributed by atoms with Crippen LogP contribution < -0.4 is 10.2 Å². The van der Waals surface area contributed by atoms with Crippen molar-refractivity contribution in [3.63, 3.8) is 0 Å². The minimum absolute atomic E-state index is 0.0806. The molecule has 0 bridgehead atoms. The number of fused-ring (bicyclic) bond motifs is 2. The standard InChI is InChI=1S/C21H24N4O/c1-15-6-7-16-4-2-3-5-20(16)25(15)11-9-21(26)23-14-18-12-17-13-22-10-8-19(17)24-18/h2-5,8,10,12-13,15,24H,6-7,9,11,14H2,1H3,(H,23,26). The normalized spacial score (nSPS) is 16.5. The molecule has 2 aromatic heterocycles. The highest BCUT2D eigenvalue weighted by atomic mass is 16.1. The molecule has 1 amide bonds. The van der Waals surface area contributed by atoms with Crippen LogP contribution in [0.5, 0.6) is 0 Å². The Morgan fingerprint density at radius 2 is 2.23 bits per heavy atom. The van der Waals surface area contributed by atoms with Crippen molar-refractivity contribution in [1.82, 2.24) is 15.3 Å². The number of aryl methyl sites for hydroxylation is 1. The van der Waals surface area contributed by atoms with Crippen LogP contribution in [0.4, 0.5) is 5.69 Å². The third kappa shape index (κ3) is 3.43. The highest BCUT2D eigenvalue weighted by Gasteiger charge is 2.22. The lowest BCUT2D eigenvalue weighted by Gasteiger charge is -2.37. The van der Waals surface area contributed by atoms with Crippen LogP contribution in [0.3, 0.4) is 0 Å². The number of para-hydroxylation sites is 1. The van der Waals surface area contributed by atoms with Crippen molar-refractivity contribution < 1.29 is 4.79 Å². The average molecular weight is 348 g/mol. The van der Waals surface area contributed by atoms with Gasteiger partial charge in [0.2, 0.25) is 5.91 Å². The second-order valence-electron chi connectivity index (χ2n) is 6.99. The summed E-state index contributed by atoms with van der Waals surface area (Å²) in [5, 5.41) is 4.09. The van der Waals surface area contributed by atoms with Crippen LogP contribution in [0.2, 0.25) is 0 Å². The lowest BCUT2D eigenvalue weighted by Crippen LogP contribution is -2.39. The maximum atomic E-state index is 12.3. The Kier molecular flexibility index (Phi) is 4.61. The van der Waals surface area contributed by atoms with E-state index in [2.05, 4.69) is 51.4 Å². The van der Waals surface area contributed by atoms with E-state index >= 15 is 0 Å². The highest BCUT2D eigenvalue weighted by Crippen LogP contribution is 2.30. The van der Waals surface area contributed by atoms with Gasteiger partial charge in [-0.15, -0.1) is 0 Å². The molecule has 0 saturated carbocycles. The number of hydrogen-bond acceptors (Lipinski definition) is 3. The van der Waals surface area contributed by atoms with Gasteiger partial charge in [-0.3, -0.25) is 9.78 Å². The number of carbonyl (C=O) groups is 1. The molecular weight excluding hydrogens is 324 g/mol. The number of nitrogens with one attached hydrogen (secondary N) is 2. The monoisotopic (exact) mass is 348 g/mol. The van der Waals surface area contributed by atoms with Gasteiger partial charge in [0.05, 0.1) is 6.54 Å². The van der Waals surface area contributed by atoms with E-state index < -0.39 is 0 Å². The van der Waals surface area contributed by atoms with E-state index in [1.165, 1.54) is 11.3 Å². The summed E-state index contributed by atoms with van der Waals surface area (Å²) in [6.45, 7) is 3.51. The highest BCUT2D eigenvalue weighted by molar-refractivity contribution is 5.80. The number of hydrogen-bond donors (Lipinski definition) is 2. The first-order chi connectivity index (χ1) is 12.7. The summed E-state index contributed by atoms with van der Waals surface area (Å²) >= 11 is 0. The Hall–Kier alpha value is -2.82. The lowest BCUT2D eigenvalue weighted by atomic mass is 9.96. The molecular formula is C21H24N4O. The summed E-state index contributed by atoms with van der Waals surface area (Å²) in [6, 6.07) is 13.0. The van der Waals surface area contributed by atoms with Crippen molar-refractivity contribution in [1.29, 1.82) is 0 Å². The van der Waals surface area contributed by atoms with E-state index in [1.54, 1.807) is 6.20 Å². The topological polar surface area (TPSA) is 61.0 Å². The maximum absolute atomic E-state index is 12.3. The van der Waals surface area contributed by atoms with E-state index in [1.807, 2.05) is 18.3 Å². The predicted octanol–water partition coefficient (Wildman–Crippen LogP) is 3.41. The van der Waals surface area contributed by atoms with Gasteiger partial charge in [0.15, 0.2) is 0 Å². The first kappa shape index (κ1) is 16.6. The Labute approximate surface area is 153 Å². The van der Waals surface area contributed by atoms with Gasteiger partial charge in [0, 0.05) is 53.7 Å². The zero-order chi connectivity index (χ0) is 17.9. The van der Waals surface area contributed by atoms with Gasteiger partial charge in [-0.25, -0.2) is 0 Å². The third-order valence-corrected chi connectivity index (χ3v) is 5.20. The van der Waals surface area contributed by atoms with Gasteiger partial charge in [-0.2, -0.15) is 0 Å². The number of nitrogens with zero attached hydrogens (tertiary/aromatic N) is 2. The maximum Gasteiger partial charge on any atom is 0.222 e. The molecule has 26 heavy (non-hydrogen) atoms. The molecule has 2 N–H and O–H groups in total. The molecule has 0 aliphatic carbocycles. The van der Waals surface area contributed by atoms with Crippen molar-refractivity contribution >= 4 is 22.5 Å². The molecule has 1 aromatic carbocycles. The zero-order valence-electron chi connectivity index (χ0n) is 15.0. The van der Waals surface area contributed by atoms with Gasteiger partial charge in [0.25, 0.3) is 0 Å². The molecule has 4 rings (SSSR count). The van der Waals surface area contributed by atoms with E-state index in [9.17, 15) is 4.79 Å². The fraction of sp³-hybridized carbons (Fsp3) is 0.333. The molecule has 3 aromatic rings. The fourth-order valence-corrected chi connectivity index (χ4v) is 3.73. The number of H-pyrrole nitrogens is 1. The van der Waals surface area contributed by atoms with Crippen LogP contribution in [0.25, 0.3) is 10.9 Å². The van der Waals surface area contributed by atoms with Gasteiger partial charge in [0.1, 0.15) is 0 Å². The van der Waals surface area contributed by atoms with Crippen LogP contribution in [0.1, 0.15) is 31.0 Å². The summed E-state index contributed by atoms with van der Waals surface area (Å²) in [6.07, 6.45) is 6.35. The van der Waals surface area contributed by atoms with Gasteiger partial charge < -0.3 is 15.2 Å². The molecule has 0 radical (unpaired) electrons. The number of amides is 1. The average Bonchev–Trinajstić information content (AvgIpc) is 3.08. The first-order valence-electron chi connectivity index (χ1n) is 9.23. The van der Waals surface area contributed by atoms with Crippen molar-refractivity contribution in [3.05, 3.63) is 60.0 Å². The molecule has 1 unspecified atom stereocenters. The molecule has 1 aliphatic rings. The number of pyridine rings is 1. The summed E-state index contributed by atoms with van der Waals surface area (Å²) in [4.78, 5) is 22.1. The molecule has 5 heteroatoms. The predicted molar refractivity (Wildman–Crippen MR) is 104 cm³/mol. The van der Waals surface area contributed by atoms with Gasteiger partial charge in [-0.1, -0.05) is 18.2 Å². The second-order valence-corrected chi connectivity index (χ2v) is 6.99. The molecule has 0 saturated heterocycles. The molecule has 1 atom stereocenters. The van der Waals surface area contributed by atoms with E-state index in [0.717, 1.165) is 36.0 Å². The summed E-state index contributed by atoms with van der Waals surface area (Å²) < 4.78 is 0. The number of aromatic nitrogens is 2. The van der Waals surface area contributed by atoms with Crippen LogP contribution in [-0.2, 0) is 17.8 Å². The van der Waals surface area contributed by atoms with Gasteiger partial charge >= 0.3 is 0 Å². The lowest BCUT2D eigenvalue weighted by molar-refractivity contribution is -0.121. The summed E-state index contributed by atoms with van der Waals surface area (Å²) in [7, 11) is 0. The Morgan fingerprint density at radius 3 is 3.12 bits per heavy atom. The second kappa shape index (κ2) is 7.20. The number of anilines is 1. The van der Waals surface area contributed by atoms with Crippen LogP contribution in [-0.4, -0.2) is 28.5 Å². The van der Waals surface area contributed by atoms with Crippen molar-refractivity contribution in [2.75, 3.05) is 11.4 Å². The van der Waals surface area contributed by atoms with Crippen LogP contribution in [0, 0.1) is 0 Å². The minimum atomic E-state index is 0.0806. The fourth-order valence-electron chi connectivity index (χ4n) is 3.73. The molecule has 5 nitrogen and oxygen atoms in total. The number of aromatic amines is 1. The van der Waals surface area contributed by atoms with Crippen molar-refractivity contribution in [2.45, 2.75) is 38.8 Å². The number of benzene rings is 1. The minimum Gasteiger partial charge on any atom is -0.368 e. The molecule has 3 heterocycles. The van der Waals surface area contributed by atoms with E-state index in [0.29, 0.717) is 19.0 Å². The Balaban J connectivity index is 1.34. The van der Waals surface area contributed by atoms with E-state index in [-0.39, 0.29) is 5.91 Å². The summed E-state index contributed by atoms with van der Waals surface area (Å²) in [5.74, 6) is 0.0806. The molecule has 0 spiro atoms. The van der Waals surface area contributed by atoms with Crippen LogP contribution >= 0.6 is 0 Å². The van der Waals surface area contributed by atoms with Crippen LogP contribution in [0.15, 0.2) is 48.8 Å². The Morgan fingerprint density at radius 1 is 1.35 bits per heavy atom. The van der Waals surface area contributed by atoms with Crippen molar-refractivity contribution in [3.8, 4) is 0 Å². The smallest absolute Gasteiger partial charge is 0.222 e.